The third kappa shape index (κ3) is 5.65. The van der Waals surface area contributed by atoms with Crippen molar-refractivity contribution in [3.05, 3.63) is 70.8 Å². The van der Waals surface area contributed by atoms with Crippen molar-refractivity contribution in [3.63, 3.8) is 0 Å². The first kappa shape index (κ1) is 30.7. The summed E-state index contributed by atoms with van der Waals surface area (Å²) in [5.41, 5.74) is 5.75. The van der Waals surface area contributed by atoms with Gasteiger partial charge in [0.1, 0.15) is 0 Å². The molecule has 10 heteroatoms. The first-order valence-electron chi connectivity index (χ1n) is 17.3. The number of fused-ring (bicyclic) bond motifs is 5. The summed E-state index contributed by atoms with van der Waals surface area (Å²) >= 11 is 0. The monoisotopic (exact) mass is 652 g/mol. The standard InChI is InChI=1S/C38H44N4O6/c1-45-32-15-28-30(39-20-26-14-24-8-4-5-9-25(24)22-41(26)36(28)43)17-34(32)47-12-6-3-7-13-48-35-18-31-29(16-33(35)46-2)37(44)42-23-38(10-11-38)19-27(42)21-40-31/h4-5,8-9,15-18,26-27,39-40H,3,6-7,10-14,19-23H2,1-2H3/t26?,27-/m0/s1. The molecule has 1 saturated carbocycles. The van der Waals surface area contributed by atoms with Crippen LogP contribution in [0.5, 0.6) is 23.0 Å². The molecule has 2 fully saturated rings. The number of ether oxygens (including phenoxy) is 4. The lowest BCUT2D eigenvalue weighted by Crippen LogP contribution is -2.45. The van der Waals surface area contributed by atoms with Crippen LogP contribution in [0.2, 0.25) is 0 Å². The predicted molar refractivity (Wildman–Crippen MR) is 183 cm³/mol. The Hall–Kier alpha value is -4.60. The summed E-state index contributed by atoms with van der Waals surface area (Å²) < 4.78 is 23.6. The Morgan fingerprint density at radius 1 is 0.729 bits per heavy atom. The maximum absolute atomic E-state index is 13.7. The van der Waals surface area contributed by atoms with Crippen molar-refractivity contribution in [2.24, 2.45) is 5.41 Å². The van der Waals surface area contributed by atoms with Crippen molar-refractivity contribution in [3.8, 4) is 23.0 Å². The van der Waals surface area contributed by atoms with Crippen LogP contribution >= 0.6 is 0 Å². The van der Waals surface area contributed by atoms with Crippen LogP contribution in [-0.4, -0.2) is 80.8 Å². The van der Waals surface area contributed by atoms with Crippen LogP contribution in [0, 0.1) is 5.41 Å². The van der Waals surface area contributed by atoms with Gasteiger partial charge < -0.3 is 39.4 Å². The molecule has 10 nitrogen and oxygen atoms in total. The summed E-state index contributed by atoms with van der Waals surface area (Å²) in [6, 6.07) is 16.2. The van der Waals surface area contributed by atoms with Crippen molar-refractivity contribution in [2.45, 2.75) is 63.6 Å². The minimum Gasteiger partial charge on any atom is -0.493 e. The molecule has 0 aromatic heterocycles. The van der Waals surface area contributed by atoms with E-state index in [1.807, 2.05) is 29.2 Å². The lowest BCUT2D eigenvalue weighted by atomic mass is 9.94. The predicted octanol–water partition coefficient (Wildman–Crippen LogP) is 5.74. The van der Waals surface area contributed by atoms with E-state index in [4.69, 9.17) is 18.9 Å². The number of nitrogens with one attached hydrogen (secondary N) is 2. The number of unbranched alkanes of at least 4 members (excludes halogenated alkanes) is 2. The van der Waals surface area contributed by atoms with E-state index in [2.05, 4.69) is 33.7 Å². The topological polar surface area (TPSA) is 102 Å². The normalized spacial score (nSPS) is 21.4. The van der Waals surface area contributed by atoms with Gasteiger partial charge in [0.05, 0.1) is 56.0 Å². The molecule has 3 aromatic carbocycles. The lowest BCUT2D eigenvalue weighted by molar-refractivity contribution is 0.0659. The van der Waals surface area contributed by atoms with Crippen LogP contribution in [0.1, 0.15) is 70.4 Å². The highest BCUT2D eigenvalue weighted by atomic mass is 16.5. The summed E-state index contributed by atoms with van der Waals surface area (Å²) in [5.74, 6) is 2.50. The number of carbonyl (C=O) groups excluding carboxylic acids is 2. The molecule has 2 N–H and O–H groups in total. The van der Waals surface area contributed by atoms with Gasteiger partial charge in [-0.05, 0) is 73.6 Å². The van der Waals surface area contributed by atoms with Gasteiger partial charge in [-0.15, -0.1) is 0 Å². The summed E-state index contributed by atoms with van der Waals surface area (Å²) in [6.45, 7) is 3.96. The summed E-state index contributed by atoms with van der Waals surface area (Å²) in [6.07, 6.45) is 6.98. The first-order chi connectivity index (χ1) is 23.4. The number of benzene rings is 3. The number of hydrogen-bond donors (Lipinski definition) is 2. The van der Waals surface area contributed by atoms with Crippen molar-refractivity contribution in [2.75, 3.05) is 57.7 Å². The fraction of sp³-hybridized carbons (Fsp3) is 0.474. The Kier molecular flexibility index (Phi) is 7.97. The Labute approximate surface area is 281 Å². The molecule has 1 aliphatic carbocycles. The van der Waals surface area contributed by atoms with Crippen LogP contribution in [-0.2, 0) is 13.0 Å². The third-order valence-corrected chi connectivity index (χ3v) is 10.9. The second-order valence-electron chi connectivity index (χ2n) is 14.0. The Balaban J connectivity index is 0.844. The number of methoxy groups -OCH3 is 2. The quantitative estimate of drug-likeness (QED) is 0.268. The number of hydrogen-bond acceptors (Lipinski definition) is 8. The van der Waals surface area contributed by atoms with E-state index in [1.54, 1.807) is 20.3 Å². The lowest BCUT2D eigenvalue weighted by Gasteiger charge is -2.35. The van der Waals surface area contributed by atoms with Gasteiger partial charge in [0, 0.05) is 44.4 Å². The zero-order valence-corrected chi connectivity index (χ0v) is 27.8. The summed E-state index contributed by atoms with van der Waals surface area (Å²) in [4.78, 5) is 31.2. The van der Waals surface area contributed by atoms with Crippen molar-refractivity contribution >= 4 is 23.2 Å². The number of amides is 2. The van der Waals surface area contributed by atoms with Crippen LogP contribution in [0.15, 0.2) is 48.5 Å². The average Bonchev–Trinajstić information content (AvgIpc) is 3.82. The molecular formula is C38H44N4O6. The van der Waals surface area contributed by atoms with E-state index < -0.39 is 0 Å². The number of nitrogens with zero attached hydrogens (tertiary/aromatic N) is 2. The Morgan fingerprint density at radius 3 is 1.92 bits per heavy atom. The number of rotatable bonds is 10. The first-order valence-corrected chi connectivity index (χ1v) is 17.3. The number of carbonyl (C=O) groups is 2. The van der Waals surface area contributed by atoms with Crippen molar-refractivity contribution in [1.29, 1.82) is 0 Å². The number of anilines is 2. The molecule has 0 radical (unpaired) electrons. The van der Waals surface area contributed by atoms with Gasteiger partial charge >= 0.3 is 0 Å². The average molecular weight is 653 g/mol. The molecule has 2 atom stereocenters. The van der Waals surface area contributed by atoms with Crippen molar-refractivity contribution < 1.29 is 28.5 Å². The van der Waals surface area contributed by atoms with Gasteiger partial charge in [0.15, 0.2) is 23.0 Å². The molecule has 0 bridgehead atoms. The van der Waals surface area contributed by atoms with Crippen LogP contribution < -0.4 is 29.6 Å². The molecular weight excluding hydrogens is 608 g/mol. The van der Waals surface area contributed by atoms with Gasteiger partial charge in [-0.25, -0.2) is 0 Å². The fourth-order valence-electron chi connectivity index (χ4n) is 7.95. The summed E-state index contributed by atoms with van der Waals surface area (Å²) in [7, 11) is 3.22. The van der Waals surface area contributed by atoms with Crippen LogP contribution in [0.25, 0.3) is 0 Å². The van der Waals surface area contributed by atoms with E-state index in [0.717, 1.165) is 56.6 Å². The third-order valence-electron chi connectivity index (χ3n) is 10.9. The zero-order chi connectivity index (χ0) is 32.8. The molecule has 252 valence electrons. The van der Waals surface area contributed by atoms with Gasteiger partial charge in [0.2, 0.25) is 0 Å². The Bertz CT molecular complexity index is 1740. The van der Waals surface area contributed by atoms with E-state index >= 15 is 0 Å². The minimum atomic E-state index is 0.0136. The van der Waals surface area contributed by atoms with Gasteiger partial charge in [-0.2, -0.15) is 0 Å². The largest absolute Gasteiger partial charge is 0.493 e. The Morgan fingerprint density at radius 2 is 1.31 bits per heavy atom. The molecule has 3 aromatic rings. The maximum Gasteiger partial charge on any atom is 0.256 e. The van der Waals surface area contributed by atoms with Crippen LogP contribution in [0.3, 0.4) is 0 Å². The maximum atomic E-state index is 13.7. The summed E-state index contributed by atoms with van der Waals surface area (Å²) in [5, 5.41) is 7.03. The molecule has 1 unspecified atom stereocenters. The SMILES string of the molecule is COc1cc2c(cc1OCCCCCOc1cc3c(cc1OC)C(=O)N1CC4(CC4)C[C@H]1CN3)NCC1Cc3ccccc3CN1C2=O. The molecule has 4 aliphatic heterocycles. The zero-order valence-electron chi connectivity index (χ0n) is 27.8. The van der Waals surface area contributed by atoms with Gasteiger partial charge in [-0.3, -0.25) is 9.59 Å². The highest BCUT2D eigenvalue weighted by Gasteiger charge is 2.54. The van der Waals surface area contributed by atoms with Gasteiger partial charge in [0.25, 0.3) is 11.8 Å². The fourth-order valence-corrected chi connectivity index (χ4v) is 7.95. The molecule has 1 saturated heterocycles. The molecule has 48 heavy (non-hydrogen) atoms. The molecule has 2 amide bonds. The molecule has 8 rings (SSSR count). The minimum absolute atomic E-state index is 0.0136. The van der Waals surface area contributed by atoms with Crippen molar-refractivity contribution in [1.82, 2.24) is 9.80 Å². The second-order valence-corrected chi connectivity index (χ2v) is 14.0. The van der Waals surface area contributed by atoms with Gasteiger partial charge in [-0.1, -0.05) is 24.3 Å². The van der Waals surface area contributed by atoms with E-state index in [1.165, 1.54) is 24.0 Å². The highest BCUT2D eigenvalue weighted by molar-refractivity contribution is 6.02. The molecule has 4 heterocycles. The highest BCUT2D eigenvalue weighted by Crippen LogP contribution is 2.55. The van der Waals surface area contributed by atoms with E-state index in [9.17, 15) is 9.59 Å². The molecule has 5 aliphatic rings. The van der Waals surface area contributed by atoms with E-state index in [0.29, 0.717) is 65.8 Å². The molecule has 1 spiro atoms. The smallest absolute Gasteiger partial charge is 0.256 e. The van der Waals surface area contributed by atoms with Crippen LogP contribution in [0.4, 0.5) is 11.4 Å². The van der Waals surface area contributed by atoms with E-state index in [-0.39, 0.29) is 23.9 Å². The second kappa shape index (κ2) is 12.5.